The monoisotopic (exact) mass is 516 g/mol. The van der Waals surface area contributed by atoms with Crippen LogP contribution in [-0.2, 0) is 4.79 Å². The highest BCUT2D eigenvalue weighted by atomic mass is 35.5. The molecule has 0 radical (unpaired) electrons. The lowest BCUT2D eigenvalue weighted by atomic mass is 10.0. The number of piperazine rings is 1. The number of methoxy groups -OCH3 is 1. The molecule has 6 rings (SSSR count). The summed E-state index contributed by atoms with van der Waals surface area (Å²) in [5, 5.41) is 0.699. The standard InChI is InChI=1S/C23H19ClF2N6O2S/c1-34-23-29-18-13(21(30-23)31-7-10-2-3-11(8-31)32(10)9-33)6-14(24)16(17(18)26)12-4-5-15(25)20-19(12)28-22(27)35-20/h4-6,9-11H,2-3,7-8H2,1H3,(H2,27,28). The summed E-state index contributed by atoms with van der Waals surface area (Å²) in [6.07, 6.45) is 2.70. The molecule has 0 aliphatic carbocycles. The van der Waals surface area contributed by atoms with Gasteiger partial charge in [-0.1, -0.05) is 22.9 Å². The number of nitrogens with two attached hydrogens (primary N) is 1. The number of halogens is 3. The average molecular weight is 517 g/mol. The minimum atomic E-state index is -0.691. The summed E-state index contributed by atoms with van der Waals surface area (Å²) in [5.74, 6) is -0.696. The van der Waals surface area contributed by atoms with Crippen molar-refractivity contribution < 1.29 is 18.3 Å². The first-order chi connectivity index (χ1) is 16.9. The molecule has 12 heteroatoms. The smallest absolute Gasteiger partial charge is 0.318 e. The zero-order valence-electron chi connectivity index (χ0n) is 18.5. The van der Waals surface area contributed by atoms with Crippen molar-refractivity contribution in [3.8, 4) is 17.1 Å². The first-order valence-electron chi connectivity index (χ1n) is 11.0. The molecule has 2 atom stereocenters. The van der Waals surface area contributed by atoms with E-state index in [9.17, 15) is 9.18 Å². The fraction of sp³-hybridized carbons (Fsp3) is 0.304. The van der Waals surface area contributed by atoms with Crippen LogP contribution in [0.25, 0.3) is 32.2 Å². The molecule has 8 nitrogen and oxygen atoms in total. The zero-order valence-corrected chi connectivity index (χ0v) is 20.0. The Morgan fingerprint density at radius 2 is 1.91 bits per heavy atom. The van der Waals surface area contributed by atoms with Crippen molar-refractivity contribution in [1.29, 1.82) is 0 Å². The van der Waals surface area contributed by atoms with Crippen LogP contribution in [-0.4, -0.2) is 58.5 Å². The second-order valence-electron chi connectivity index (χ2n) is 8.64. The van der Waals surface area contributed by atoms with Gasteiger partial charge in [-0.15, -0.1) is 0 Å². The maximum atomic E-state index is 16.1. The number of hydrogen-bond donors (Lipinski definition) is 1. The number of anilines is 2. The number of rotatable bonds is 4. The SMILES string of the molecule is COc1nc(N2CC3CCC(C2)N3C=O)c2cc(Cl)c(-c3ccc(F)c4sc(N)nc34)c(F)c2n1. The van der Waals surface area contributed by atoms with Gasteiger partial charge in [0.2, 0.25) is 6.41 Å². The molecular formula is C23H19ClF2N6O2S. The van der Waals surface area contributed by atoms with Crippen LogP contribution in [0, 0.1) is 11.6 Å². The van der Waals surface area contributed by atoms with Crippen molar-refractivity contribution in [3.63, 3.8) is 0 Å². The molecule has 2 aliphatic heterocycles. The fourth-order valence-electron chi connectivity index (χ4n) is 5.21. The van der Waals surface area contributed by atoms with Gasteiger partial charge in [0.05, 0.1) is 22.3 Å². The van der Waals surface area contributed by atoms with Gasteiger partial charge >= 0.3 is 6.01 Å². The van der Waals surface area contributed by atoms with Crippen LogP contribution in [0.2, 0.25) is 5.02 Å². The Bertz CT molecular complexity index is 1500. The second kappa shape index (κ2) is 8.13. The van der Waals surface area contributed by atoms with Crippen molar-refractivity contribution in [1.82, 2.24) is 19.9 Å². The van der Waals surface area contributed by atoms with Crippen molar-refractivity contribution >= 4 is 61.4 Å². The predicted molar refractivity (Wildman–Crippen MR) is 131 cm³/mol. The Kier molecular flexibility index (Phi) is 5.15. The highest BCUT2D eigenvalue weighted by molar-refractivity contribution is 7.22. The summed E-state index contributed by atoms with van der Waals surface area (Å²) < 4.78 is 36.0. The Balaban J connectivity index is 1.55. The third-order valence-corrected chi connectivity index (χ3v) is 7.96. The van der Waals surface area contributed by atoms with Crippen LogP contribution in [0.1, 0.15) is 12.8 Å². The molecule has 2 N–H and O–H groups in total. The highest BCUT2D eigenvalue weighted by Gasteiger charge is 2.40. The fourth-order valence-corrected chi connectivity index (χ4v) is 6.27. The van der Waals surface area contributed by atoms with Crippen LogP contribution in [0.3, 0.4) is 0 Å². The molecule has 180 valence electrons. The van der Waals surface area contributed by atoms with E-state index in [0.29, 0.717) is 29.9 Å². The summed E-state index contributed by atoms with van der Waals surface area (Å²) in [4.78, 5) is 28.4. The Hall–Kier alpha value is -3.31. The van der Waals surface area contributed by atoms with E-state index in [0.717, 1.165) is 30.6 Å². The topological polar surface area (TPSA) is 97.5 Å². The van der Waals surface area contributed by atoms with E-state index in [1.165, 1.54) is 19.2 Å². The summed E-state index contributed by atoms with van der Waals surface area (Å²) in [6, 6.07) is 4.41. The maximum absolute atomic E-state index is 16.1. The number of nitrogens with zero attached hydrogens (tertiary/aromatic N) is 5. The number of nitrogen functional groups attached to an aromatic ring is 1. The molecule has 0 spiro atoms. The number of benzene rings is 2. The van der Waals surface area contributed by atoms with E-state index in [1.54, 1.807) is 6.07 Å². The minimum Gasteiger partial charge on any atom is -0.467 e. The van der Waals surface area contributed by atoms with Gasteiger partial charge in [0, 0.05) is 41.7 Å². The lowest BCUT2D eigenvalue weighted by Gasteiger charge is -2.39. The molecule has 2 fully saturated rings. The molecule has 4 heterocycles. The van der Waals surface area contributed by atoms with Crippen LogP contribution in [0.4, 0.5) is 19.7 Å². The molecule has 2 saturated heterocycles. The number of ether oxygens (including phenoxy) is 1. The number of carbonyl (C=O) groups excluding carboxylic acids is 1. The third-order valence-electron chi connectivity index (χ3n) is 6.77. The third kappa shape index (κ3) is 3.36. The van der Waals surface area contributed by atoms with Crippen molar-refractivity contribution in [2.75, 3.05) is 30.8 Å². The van der Waals surface area contributed by atoms with E-state index in [-0.39, 0.29) is 49.5 Å². The summed E-state index contributed by atoms with van der Waals surface area (Å²) in [6.45, 7) is 1.12. The van der Waals surface area contributed by atoms with Crippen molar-refractivity contribution in [2.45, 2.75) is 24.9 Å². The molecular weight excluding hydrogens is 498 g/mol. The molecule has 2 unspecified atom stereocenters. The molecule has 2 bridgehead atoms. The van der Waals surface area contributed by atoms with Crippen LogP contribution < -0.4 is 15.4 Å². The number of hydrogen-bond acceptors (Lipinski definition) is 8. The number of thiazole rings is 1. The molecule has 4 aromatic rings. The predicted octanol–water partition coefficient (Wildman–Crippen LogP) is 4.24. The summed E-state index contributed by atoms with van der Waals surface area (Å²) in [5.41, 5.74) is 6.43. The lowest BCUT2D eigenvalue weighted by Crippen LogP contribution is -2.53. The van der Waals surface area contributed by atoms with Gasteiger partial charge in [-0.05, 0) is 31.0 Å². The van der Waals surface area contributed by atoms with Gasteiger partial charge in [-0.3, -0.25) is 4.79 Å². The van der Waals surface area contributed by atoms with Gasteiger partial charge in [-0.25, -0.2) is 13.8 Å². The summed E-state index contributed by atoms with van der Waals surface area (Å²) in [7, 11) is 1.41. The Morgan fingerprint density at radius 3 is 2.60 bits per heavy atom. The number of amides is 1. The number of carbonyl (C=O) groups is 1. The van der Waals surface area contributed by atoms with Crippen LogP contribution >= 0.6 is 22.9 Å². The first-order valence-corrected chi connectivity index (χ1v) is 12.1. The van der Waals surface area contributed by atoms with Gasteiger partial charge < -0.3 is 20.3 Å². The Morgan fingerprint density at radius 1 is 1.17 bits per heavy atom. The van der Waals surface area contributed by atoms with Gasteiger partial charge in [0.15, 0.2) is 10.9 Å². The van der Waals surface area contributed by atoms with E-state index < -0.39 is 11.6 Å². The highest BCUT2D eigenvalue weighted by Crippen LogP contribution is 2.43. The number of fused-ring (bicyclic) bond motifs is 4. The number of aromatic nitrogens is 3. The van der Waals surface area contributed by atoms with Gasteiger partial charge in [0.25, 0.3) is 0 Å². The van der Waals surface area contributed by atoms with E-state index in [1.807, 2.05) is 9.80 Å². The second-order valence-corrected chi connectivity index (χ2v) is 10.1. The molecule has 2 aliphatic rings. The van der Waals surface area contributed by atoms with Gasteiger partial charge in [0.1, 0.15) is 17.2 Å². The van der Waals surface area contributed by atoms with Crippen molar-refractivity contribution in [3.05, 3.63) is 34.9 Å². The molecule has 2 aromatic carbocycles. The summed E-state index contributed by atoms with van der Waals surface area (Å²) >= 11 is 7.62. The quantitative estimate of drug-likeness (QED) is 0.405. The minimum absolute atomic E-state index is 0.00647. The normalized spacial score (nSPS) is 19.7. The first kappa shape index (κ1) is 22.2. The van der Waals surface area contributed by atoms with Gasteiger partial charge in [-0.2, -0.15) is 9.97 Å². The van der Waals surface area contributed by atoms with Crippen LogP contribution in [0.15, 0.2) is 18.2 Å². The lowest BCUT2D eigenvalue weighted by molar-refractivity contribution is -0.121. The van der Waals surface area contributed by atoms with E-state index >= 15 is 4.39 Å². The molecule has 0 saturated carbocycles. The zero-order chi connectivity index (χ0) is 24.4. The van der Waals surface area contributed by atoms with E-state index in [4.69, 9.17) is 22.1 Å². The molecule has 1 amide bonds. The largest absolute Gasteiger partial charge is 0.467 e. The maximum Gasteiger partial charge on any atom is 0.318 e. The molecule has 35 heavy (non-hydrogen) atoms. The molecule has 2 aromatic heterocycles. The van der Waals surface area contributed by atoms with Crippen LogP contribution in [0.5, 0.6) is 6.01 Å². The average Bonchev–Trinajstić information content (AvgIpc) is 3.36. The van der Waals surface area contributed by atoms with Crippen molar-refractivity contribution in [2.24, 2.45) is 0 Å². The van der Waals surface area contributed by atoms with E-state index in [2.05, 4.69) is 15.0 Å². The Labute approximate surface area is 207 Å².